The lowest BCUT2D eigenvalue weighted by molar-refractivity contribution is -0.123. The maximum absolute atomic E-state index is 13.2. The maximum Gasteiger partial charge on any atom is 0.293 e. The molecule has 1 saturated heterocycles. The van der Waals surface area contributed by atoms with Crippen LogP contribution in [0.25, 0.3) is 22.5 Å². The maximum atomic E-state index is 13.2. The SMILES string of the molecule is Cc1cc(/C=C2\SC(=O)N(Cc3cccc4ccccc34)C2=O)c(C)n1-c1ccc(I)cc1. The molecule has 1 aromatic heterocycles. The van der Waals surface area contributed by atoms with Crippen molar-refractivity contribution in [1.82, 2.24) is 9.47 Å². The van der Waals surface area contributed by atoms with Gasteiger partial charge in [0.05, 0.1) is 11.4 Å². The van der Waals surface area contributed by atoms with Gasteiger partial charge in [-0.1, -0.05) is 42.5 Å². The number of aromatic nitrogens is 1. The summed E-state index contributed by atoms with van der Waals surface area (Å²) in [6.45, 7) is 4.36. The molecule has 33 heavy (non-hydrogen) atoms. The largest absolute Gasteiger partial charge is 0.318 e. The van der Waals surface area contributed by atoms with Gasteiger partial charge in [0.1, 0.15) is 0 Å². The van der Waals surface area contributed by atoms with Gasteiger partial charge >= 0.3 is 0 Å². The van der Waals surface area contributed by atoms with E-state index in [2.05, 4.69) is 64.4 Å². The van der Waals surface area contributed by atoms with Crippen LogP contribution in [-0.2, 0) is 11.3 Å². The Labute approximate surface area is 210 Å². The first-order valence-electron chi connectivity index (χ1n) is 10.6. The molecule has 6 heteroatoms. The van der Waals surface area contributed by atoms with Gasteiger partial charge in [-0.05, 0) is 107 Å². The molecule has 1 fully saturated rings. The number of nitrogens with zero attached hydrogens (tertiary/aromatic N) is 2. The lowest BCUT2D eigenvalue weighted by Gasteiger charge is -2.14. The molecule has 0 bridgehead atoms. The predicted molar refractivity (Wildman–Crippen MR) is 143 cm³/mol. The zero-order chi connectivity index (χ0) is 23.1. The van der Waals surface area contributed by atoms with Crippen molar-refractivity contribution < 1.29 is 9.59 Å². The van der Waals surface area contributed by atoms with Gasteiger partial charge in [-0.25, -0.2) is 0 Å². The molecule has 0 radical (unpaired) electrons. The molecule has 2 heterocycles. The first kappa shape index (κ1) is 22.0. The fourth-order valence-electron chi connectivity index (χ4n) is 4.30. The number of rotatable bonds is 4. The molecular formula is C27H21IN2O2S. The van der Waals surface area contributed by atoms with Gasteiger partial charge in [0.2, 0.25) is 0 Å². The van der Waals surface area contributed by atoms with Crippen LogP contribution >= 0.6 is 34.4 Å². The molecule has 2 amide bonds. The first-order valence-corrected chi connectivity index (χ1v) is 12.5. The van der Waals surface area contributed by atoms with Crippen LogP contribution in [0.1, 0.15) is 22.5 Å². The van der Waals surface area contributed by atoms with E-state index in [1.165, 1.54) is 8.47 Å². The summed E-state index contributed by atoms with van der Waals surface area (Å²) in [4.78, 5) is 27.7. The van der Waals surface area contributed by atoms with Gasteiger partial charge in [-0.3, -0.25) is 14.5 Å². The minimum atomic E-state index is -0.239. The molecule has 5 rings (SSSR count). The van der Waals surface area contributed by atoms with E-state index >= 15 is 0 Å². The Kier molecular flexibility index (Phi) is 5.88. The Hall–Kier alpha value is -2.84. The summed E-state index contributed by atoms with van der Waals surface area (Å²) < 4.78 is 3.35. The van der Waals surface area contributed by atoms with Crippen molar-refractivity contribution in [3.63, 3.8) is 0 Å². The second kappa shape index (κ2) is 8.83. The monoisotopic (exact) mass is 564 g/mol. The van der Waals surface area contributed by atoms with Crippen LogP contribution in [0.3, 0.4) is 0 Å². The average Bonchev–Trinajstić information content (AvgIpc) is 3.24. The number of imide groups is 1. The summed E-state index contributed by atoms with van der Waals surface area (Å²) in [6, 6.07) is 24.4. The van der Waals surface area contributed by atoms with Gasteiger partial charge < -0.3 is 4.57 Å². The minimum Gasteiger partial charge on any atom is -0.318 e. The number of carbonyl (C=O) groups excluding carboxylic acids is 2. The third-order valence-electron chi connectivity index (χ3n) is 5.92. The number of amides is 2. The van der Waals surface area contributed by atoms with Crippen LogP contribution < -0.4 is 0 Å². The Morgan fingerprint density at radius 3 is 2.45 bits per heavy atom. The molecule has 1 aliphatic rings. The number of thioether (sulfide) groups is 1. The van der Waals surface area contributed by atoms with E-state index in [9.17, 15) is 9.59 Å². The predicted octanol–water partition coefficient (Wildman–Crippen LogP) is 7.09. The molecule has 0 spiro atoms. The number of halogens is 1. The molecule has 0 saturated carbocycles. The topological polar surface area (TPSA) is 42.3 Å². The van der Waals surface area contributed by atoms with Crippen molar-refractivity contribution in [2.24, 2.45) is 0 Å². The van der Waals surface area contributed by atoms with E-state index in [-0.39, 0.29) is 17.7 Å². The highest BCUT2D eigenvalue weighted by Crippen LogP contribution is 2.35. The molecule has 0 unspecified atom stereocenters. The number of fused-ring (bicyclic) bond motifs is 1. The van der Waals surface area contributed by atoms with Crippen molar-refractivity contribution in [3.8, 4) is 5.69 Å². The third-order valence-corrected chi connectivity index (χ3v) is 7.55. The Morgan fingerprint density at radius 2 is 1.67 bits per heavy atom. The lowest BCUT2D eigenvalue weighted by atomic mass is 10.0. The summed E-state index contributed by atoms with van der Waals surface area (Å²) in [7, 11) is 0. The second-order valence-electron chi connectivity index (χ2n) is 8.04. The van der Waals surface area contributed by atoms with Crippen LogP contribution in [0.5, 0.6) is 0 Å². The molecule has 4 nitrogen and oxygen atoms in total. The molecule has 0 N–H and O–H groups in total. The molecule has 1 aliphatic heterocycles. The van der Waals surface area contributed by atoms with Crippen molar-refractivity contribution in [3.05, 3.63) is 104 Å². The number of hydrogen-bond donors (Lipinski definition) is 0. The van der Waals surface area contributed by atoms with E-state index in [1.807, 2.05) is 55.5 Å². The number of hydrogen-bond acceptors (Lipinski definition) is 3. The summed E-state index contributed by atoms with van der Waals surface area (Å²) in [5, 5.41) is 1.93. The summed E-state index contributed by atoms with van der Waals surface area (Å²) in [5.41, 5.74) is 5.11. The molecule has 0 atom stereocenters. The molecule has 164 valence electrons. The summed E-state index contributed by atoms with van der Waals surface area (Å²) in [6.07, 6.45) is 1.85. The first-order chi connectivity index (χ1) is 15.9. The highest BCUT2D eigenvalue weighted by Gasteiger charge is 2.35. The van der Waals surface area contributed by atoms with Gasteiger partial charge in [-0.2, -0.15) is 0 Å². The second-order valence-corrected chi connectivity index (χ2v) is 10.3. The standard InChI is InChI=1S/C27H21IN2O2S/c1-17-14-21(18(2)30(17)23-12-10-22(28)11-13-23)15-25-26(31)29(27(32)33-25)16-20-8-5-7-19-6-3-4-9-24(19)20/h3-15H,16H2,1-2H3/b25-15-. The van der Waals surface area contributed by atoms with Crippen molar-refractivity contribution in [2.45, 2.75) is 20.4 Å². The van der Waals surface area contributed by atoms with Crippen LogP contribution in [0.4, 0.5) is 4.79 Å². The van der Waals surface area contributed by atoms with E-state index in [0.29, 0.717) is 4.91 Å². The van der Waals surface area contributed by atoms with Crippen molar-refractivity contribution in [1.29, 1.82) is 0 Å². The van der Waals surface area contributed by atoms with E-state index < -0.39 is 0 Å². The van der Waals surface area contributed by atoms with Crippen molar-refractivity contribution in [2.75, 3.05) is 0 Å². The van der Waals surface area contributed by atoms with E-state index in [4.69, 9.17) is 0 Å². The van der Waals surface area contributed by atoms with Gasteiger partial charge in [0.15, 0.2) is 0 Å². The highest BCUT2D eigenvalue weighted by atomic mass is 127. The highest BCUT2D eigenvalue weighted by molar-refractivity contribution is 14.1. The third kappa shape index (κ3) is 4.13. The van der Waals surface area contributed by atoms with E-state index in [1.54, 1.807) is 0 Å². The molecule has 0 aliphatic carbocycles. The van der Waals surface area contributed by atoms with Gasteiger partial charge in [0.25, 0.3) is 11.1 Å². The smallest absolute Gasteiger partial charge is 0.293 e. The molecule has 4 aromatic rings. The summed E-state index contributed by atoms with van der Waals surface area (Å²) >= 11 is 3.31. The van der Waals surface area contributed by atoms with Crippen LogP contribution in [0.15, 0.2) is 77.7 Å². The van der Waals surface area contributed by atoms with E-state index in [0.717, 1.165) is 50.7 Å². The quantitative estimate of drug-likeness (QED) is 0.196. The number of aryl methyl sites for hydroxylation is 1. The van der Waals surface area contributed by atoms with Crippen molar-refractivity contribution >= 4 is 62.3 Å². The van der Waals surface area contributed by atoms with Crippen LogP contribution in [-0.4, -0.2) is 20.6 Å². The minimum absolute atomic E-state index is 0.231. The van der Waals surface area contributed by atoms with Crippen LogP contribution in [0.2, 0.25) is 0 Å². The average molecular weight is 564 g/mol. The Bertz CT molecular complexity index is 1430. The lowest BCUT2D eigenvalue weighted by Crippen LogP contribution is -2.27. The zero-order valence-corrected chi connectivity index (χ0v) is 21.2. The zero-order valence-electron chi connectivity index (χ0n) is 18.2. The number of carbonyl (C=O) groups is 2. The Balaban J connectivity index is 1.45. The summed E-state index contributed by atoms with van der Waals surface area (Å²) in [5.74, 6) is -0.239. The molecule has 3 aromatic carbocycles. The Morgan fingerprint density at radius 1 is 0.939 bits per heavy atom. The van der Waals surface area contributed by atoms with Gasteiger partial charge in [-0.15, -0.1) is 0 Å². The normalized spacial score (nSPS) is 15.2. The fraction of sp³-hybridized carbons (Fsp3) is 0.111. The number of benzene rings is 3. The molecular weight excluding hydrogens is 543 g/mol. The van der Waals surface area contributed by atoms with Crippen LogP contribution in [0, 0.1) is 17.4 Å². The fourth-order valence-corrected chi connectivity index (χ4v) is 5.49. The van der Waals surface area contributed by atoms with Gasteiger partial charge in [0, 0.05) is 20.6 Å².